The van der Waals surface area contributed by atoms with E-state index in [1.165, 1.54) is 5.56 Å². The number of aromatic nitrogens is 3. The van der Waals surface area contributed by atoms with Crippen LogP contribution in [0.25, 0.3) is 0 Å². The van der Waals surface area contributed by atoms with Crippen molar-refractivity contribution in [2.45, 2.75) is 32.8 Å². The molecular weight excluding hydrogens is 362 g/mol. The first kappa shape index (κ1) is 18.9. The summed E-state index contributed by atoms with van der Waals surface area (Å²) in [6.07, 6.45) is 0. The van der Waals surface area contributed by atoms with Crippen molar-refractivity contribution < 1.29 is 4.74 Å². The molecule has 0 unspecified atom stereocenters. The van der Waals surface area contributed by atoms with Gasteiger partial charge in [0.2, 0.25) is 11.9 Å². The number of nitrogens with one attached hydrogen (secondary N) is 1. The van der Waals surface area contributed by atoms with Crippen molar-refractivity contribution in [3.8, 4) is 6.01 Å². The quantitative estimate of drug-likeness (QED) is 0.662. The lowest BCUT2D eigenvalue weighted by Gasteiger charge is -2.19. The van der Waals surface area contributed by atoms with Crippen molar-refractivity contribution >= 4 is 29.2 Å². The van der Waals surface area contributed by atoms with Gasteiger partial charge in [-0.25, -0.2) is 0 Å². The summed E-state index contributed by atoms with van der Waals surface area (Å²) in [5.74, 6) is 0.396. The molecule has 0 saturated heterocycles. The summed E-state index contributed by atoms with van der Waals surface area (Å²) in [4.78, 5) is 12.4. The van der Waals surface area contributed by atoms with Gasteiger partial charge in [0.1, 0.15) is 6.61 Å². The molecule has 6 nitrogen and oxygen atoms in total. The molecule has 0 atom stereocenters. The summed E-state index contributed by atoms with van der Waals surface area (Å²) in [5, 5.41) is 3.75. The van der Waals surface area contributed by atoms with Crippen LogP contribution in [0, 0.1) is 0 Å². The van der Waals surface area contributed by atoms with E-state index in [1.54, 1.807) is 6.07 Å². The van der Waals surface area contributed by atoms with Crippen LogP contribution in [0.1, 0.15) is 31.9 Å². The normalized spacial score (nSPS) is 11.3. The number of nitrogens with two attached hydrogens (primary N) is 1. The molecule has 3 aromatic rings. The molecule has 27 heavy (non-hydrogen) atoms. The maximum atomic E-state index is 6.13. The standard InChI is InChI=1S/C20H22ClN5O/c1-20(2,3)14-8-10-15(11-9-14)23-18-24-17(22)25-19(26-18)27-12-13-6-4-5-7-16(13)21/h4-11H,12H2,1-3H3,(H3,22,23,24,25,26). The van der Waals surface area contributed by atoms with E-state index in [4.69, 9.17) is 22.1 Å². The zero-order chi connectivity index (χ0) is 19.4. The van der Waals surface area contributed by atoms with Crippen LogP contribution in [0.15, 0.2) is 48.5 Å². The van der Waals surface area contributed by atoms with E-state index in [0.717, 1.165) is 11.3 Å². The van der Waals surface area contributed by atoms with E-state index < -0.39 is 0 Å². The van der Waals surface area contributed by atoms with E-state index in [2.05, 4.69) is 53.2 Å². The van der Waals surface area contributed by atoms with Gasteiger partial charge in [-0.05, 0) is 29.2 Å². The van der Waals surface area contributed by atoms with Crippen LogP contribution in [-0.4, -0.2) is 15.0 Å². The third-order valence-electron chi connectivity index (χ3n) is 3.95. The molecule has 140 valence electrons. The van der Waals surface area contributed by atoms with Gasteiger partial charge in [-0.1, -0.05) is 62.7 Å². The lowest BCUT2D eigenvalue weighted by atomic mass is 9.87. The summed E-state index contributed by atoms with van der Waals surface area (Å²) >= 11 is 6.13. The highest BCUT2D eigenvalue weighted by Crippen LogP contribution is 2.25. The van der Waals surface area contributed by atoms with Crippen LogP contribution in [0.4, 0.5) is 17.6 Å². The summed E-state index contributed by atoms with van der Waals surface area (Å²) < 4.78 is 5.63. The van der Waals surface area contributed by atoms with Gasteiger partial charge in [0.05, 0.1) is 0 Å². The fraction of sp³-hybridized carbons (Fsp3) is 0.250. The average Bonchev–Trinajstić information content (AvgIpc) is 2.60. The predicted octanol–water partition coefficient (Wildman–Crippen LogP) is 4.73. The molecule has 0 amide bonds. The minimum absolute atomic E-state index is 0.0768. The molecule has 2 aromatic carbocycles. The van der Waals surface area contributed by atoms with Gasteiger partial charge >= 0.3 is 6.01 Å². The molecule has 0 fully saturated rings. The van der Waals surface area contributed by atoms with Crippen molar-refractivity contribution in [3.63, 3.8) is 0 Å². The van der Waals surface area contributed by atoms with Crippen LogP contribution < -0.4 is 15.8 Å². The first-order valence-electron chi connectivity index (χ1n) is 8.56. The zero-order valence-corrected chi connectivity index (χ0v) is 16.3. The number of hydrogen-bond donors (Lipinski definition) is 2. The third-order valence-corrected chi connectivity index (χ3v) is 4.32. The fourth-order valence-electron chi connectivity index (χ4n) is 2.43. The van der Waals surface area contributed by atoms with Gasteiger partial charge in [0.15, 0.2) is 0 Å². The van der Waals surface area contributed by atoms with Crippen molar-refractivity contribution in [1.82, 2.24) is 15.0 Å². The van der Waals surface area contributed by atoms with Crippen molar-refractivity contribution in [3.05, 3.63) is 64.7 Å². The number of ether oxygens (including phenoxy) is 1. The molecule has 3 rings (SSSR count). The minimum atomic E-state index is 0.0768. The first-order chi connectivity index (χ1) is 12.8. The zero-order valence-electron chi connectivity index (χ0n) is 15.5. The SMILES string of the molecule is CC(C)(C)c1ccc(Nc2nc(N)nc(OCc3ccccc3Cl)n2)cc1. The van der Waals surface area contributed by atoms with Gasteiger partial charge in [0, 0.05) is 16.3 Å². The molecule has 0 aliphatic rings. The lowest BCUT2D eigenvalue weighted by molar-refractivity contribution is 0.281. The number of nitrogen functional groups attached to an aromatic ring is 1. The Bertz CT molecular complexity index is 922. The number of nitrogens with zero attached hydrogens (tertiary/aromatic N) is 3. The Morgan fingerprint density at radius 3 is 2.37 bits per heavy atom. The average molecular weight is 384 g/mol. The summed E-state index contributed by atoms with van der Waals surface area (Å²) in [7, 11) is 0. The van der Waals surface area contributed by atoms with E-state index in [9.17, 15) is 0 Å². The van der Waals surface area contributed by atoms with Crippen LogP contribution in [0.5, 0.6) is 6.01 Å². The third kappa shape index (κ3) is 5.08. The number of rotatable bonds is 5. The Kier molecular flexibility index (Phi) is 5.46. The van der Waals surface area contributed by atoms with E-state index in [-0.39, 0.29) is 24.0 Å². The van der Waals surface area contributed by atoms with Gasteiger partial charge < -0.3 is 15.8 Å². The highest BCUT2D eigenvalue weighted by molar-refractivity contribution is 6.31. The van der Waals surface area contributed by atoms with E-state index >= 15 is 0 Å². The Balaban J connectivity index is 1.72. The van der Waals surface area contributed by atoms with Crippen molar-refractivity contribution in [1.29, 1.82) is 0 Å². The topological polar surface area (TPSA) is 86.0 Å². The van der Waals surface area contributed by atoms with E-state index in [0.29, 0.717) is 11.0 Å². The molecule has 0 saturated carbocycles. The maximum Gasteiger partial charge on any atom is 0.323 e. The van der Waals surface area contributed by atoms with Crippen LogP contribution >= 0.6 is 11.6 Å². The van der Waals surface area contributed by atoms with Gasteiger partial charge in [-0.3, -0.25) is 0 Å². The highest BCUT2D eigenvalue weighted by atomic mass is 35.5. The number of benzene rings is 2. The fourth-order valence-corrected chi connectivity index (χ4v) is 2.62. The number of anilines is 3. The summed E-state index contributed by atoms with van der Waals surface area (Å²) in [6.45, 7) is 6.75. The van der Waals surface area contributed by atoms with Gasteiger partial charge in [-0.15, -0.1) is 0 Å². The van der Waals surface area contributed by atoms with Crippen molar-refractivity contribution in [2.75, 3.05) is 11.1 Å². The number of hydrogen-bond acceptors (Lipinski definition) is 6. The molecule has 7 heteroatoms. The summed E-state index contributed by atoms with van der Waals surface area (Å²) in [5.41, 5.74) is 8.81. The van der Waals surface area contributed by atoms with Crippen LogP contribution in [0.3, 0.4) is 0 Å². The Labute approximate surface area is 163 Å². The van der Waals surface area contributed by atoms with E-state index in [1.807, 2.05) is 30.3 Å². The molecule has 0 aliphatic heterocycles. The molecule has 0 bridgehead atoms. The molecule has 1 aromatic heterocycles. The first-order valence-corrected chi connectivity index (χ1v) is 8.94. The molecule has 0 radical (unpaired) electrons. The summed E-state index contributed by atoms with van der Waals surface area (Å²) in [6, 6.07) is 15.7. The largest absolute Gasteiger partial charge is 0.458 e. The lowest BCUT2D eigenvalue weighted by Crippen LogP contribution is -2.11. The highest BCUT2D eigenvalue weighted by Gasteiger charge is 2.13. The predicted molar refractivity (Wildman–Crippen MR) is 108 cm³/mol. The van der Waals surface area contributed by atoms with Crippen molar-refractivity contribution in [2.24, 2.45) is 0 Å². The molecule has 0 aliphatic carbocycles. The molecular formula is C20H22ClN5O. The second-order valence-electron chi connectivity index (χ2n) is 7.13. The molecule has 3 N–H and O–H groups in total. The number of halogens is 1. The van der Waals surface area contributed by atoms with Gasteiger partial charge in [0.25, 0.3) is 0 Å². The molecule has 1 heterocycles. The smallest absolute Gasteiger partial charge is 0.323 e. The molecule has 0 spiro atoms. The van der Waals surface area contributed by atoms with Gasteiger partial charge in [-0.2, -0.15) is 15.0 Å². The Morgan fingerprint density at radius 2 is 1.70 bits per heavy atom. The Hall–Kier alpha value is -2.86. The second kappa shape index (κ2) is 7.80. The second-order valence-corrected chi connectivity index (χ2v) is 7.54. The van der Waals surface area contributed by atoms with Crippen LogP contribution in [0.2, 0.25) is 5.02 Å². The maximum absolute atomic E-state index is 6.13. The minimum Gasteiger partial charge on any atom is -0.458 e. The van der Waals surface area contributed by atoms with Crippen LogP contribution in [-0.2, 0) is 12.0 Å². The Morgan fingerprint density at radius 1 is 1.00 bits per heavy atom. The monoisotopic (exact) mass is 383 g/mol.